The average molecular weight is 287 g/mol. The molecule has 0 spiro atoms. The van der Waals surface area contributed by atoms with Crippen molar-refractivity contribution in [2.24, 2.45) is 0 Å². The monoisotopic (exact) mass is 287 g/mol. The molecular weight excluding hydrogens is 270 g/mol. The van der Waals surface area contributed by atoms with Gasteiger partial charge in [0.15, 0.2) is 0 Å². The first-order valence-corrected chi connectivity index (χ1v) is 8.51. The van der Waals surface area contributed by atoms with Crippen molar-refractivity contribution in [2.45, 2.75) is 24.7 Å². The van der Waals surface area contributed by atoms with Gasteiger partial charge in [0.1, 0.15) is 0 Å². The van der Waals surface area contributed by atoms with Crippen molar-refractivity contribution in [1.29, 1.82) is 0 Å². The van der Waals surface area contributed by atoms with E-state index in [1.807, 2.05) is 4.72 Å². The minimum absolute atomic E-state index is 0.122. The highest BCUT2D eigenvalue weighted by Crippen LogP contribution is 2.11. The van der Waals surface area contributed by atoms with Crippen LogP contribution >= 0.6 is 11.8 Å². The second-order valence-electron chi connectivity index (χ2n) is 3.86. The lowest BCUT2D eigenvalue weighted by Gasteiger charge is -2.07. The highest BCUT2D eigenvalue weighted by Gasteiger charge is 2.16. The first kappa shape index (κ1) is 15.0. The van der Waals surface area contributed by atoms with Gasteiger partial charge in [0.2, 0.25) is 5.91 Å². The summed E-state index contributed by atoms with van der Waals surface area (Å²) >= 11 is 1.28. The van der Waals surface area contributed by atoms with Crippen molar-refractivity contribution in [3.05, 3.63) is 29.8 Å². The topological polar surface area (TPSA) is 63.2 Å². The van der Waals surface area contributed by atoms with Gasteiger partial charge >= 0.3 is 0 Å². The molecule has 1 rings (SSSR count). The number of hydrogen-bond donors (Lipinski definition) is 1. The van der Waals surface area contributed by atoms with E-state index in [4.69, 9.17) is 0 Å². The molecule has 100 valence electrons. The van der Waals surface area contributed by atoms with E-state index >= 15 is 0 Å². The molecule has 6 heteroatoms. The predicted octanol–water partition coefficient (Wildman–Crippen LogP) is 1.81. The first-order chi connectivity index (χ1) is 8.49. The standard InChI is InChI=1S/C12H17NO3S2/c1-3-4-10-5-7-11(8-6-10)18(15,16)13-12(14)9-17-2/h5-8H,3-4,9H2,1-2H3,(H,13,14). The minimum atomic E-state index is -3.73. The fourth-order valence-electron chi connectivity index (χ4n) is 1.49. The van der Waals surface area contributed by atoms with E-state index in [1.54, 1.807) is 18.4 Å². The van der Waals surface area contributed by atoms with Crippen molar-refractivity contribution in [2.75, 3.05) is 12.0 Å². The molecule has 4 nitrogen and oxygen atoms in total. The lowest BCUT2D eigenvalue weighted by molar-refractivity contribution is -0.116. The summed E-state index contributed by atoms with van der Waals surface area (Å²) in [6, 6.07) is 6.60. The fraction of sp³-hybridized carbons (Fsp3) is 0.417. The normalized spacial score (nSPS) is 11.2. The van der Waals surface area contributed by atoms with Crippen LogP contribution in [0.15, 0.2) is 29.2 Å². The molecule has 0 radical (unpaired) electrons. The minimum Gasteiger partial charge on any atom is -0.273 e. The molecule has 1 aromatic rings. The van der Waals surface area contributed by atoms with Crippen molar-refractivity contribution in [3.8, 4) is 0 Å². The summed E-state index contributed by atoms with van der Waals surface area (Å²) in [6.45, 7) is 2.06. The number of hydrogen-bond acceptors (Lipinski definition) is 4. The summed E-state index contributed by atoms with van der Waals surface area (Å²) < 4.78 is 25.7. The predicted molar refractivity (Wildman–Crippen MR) is 74.1 cm³/mol. The van der Waals surface area contributed by atoms with Gasteiger partial charge in [-0.2, -0.15) is 11.8 Å². The van der Waals surface area contributed by atoms with Crippen molar-refractivity contribution < 1.29 is 13.2 Å². The lowest BCUT2D eigenvalue weighted by atomic mass is 10.1. The molecule has 0 bridgehead atoms. The zero-order chi connectivity index (χ0) is 13.6. The number of sulfonamides is 1. The zero-order valence-electron chi connectivity index (χ0n) is 10.5. The lowest BCUT2D eigenvalue weighted by Crippen LogP contribution is -2.31. The van der Waals surface area contributed by atoms with Crippen molar-refractivity contribution in [3.63, 3.8) is 0 Å². The maximum atomic E-state index is 11.8. The number of amides is 1. The SMILES string of the molecule is CCCc1ccc(S(=O)(=O)NC(=O)CSC)cc1. The molecule has 18 heavy (non-hydrogen) atoms. The largest absolute Gasteiger partial charge is 0.273 e. The Balaban J connectivity index is 2.82. The maximum absolute atomic E-state index is 11.8. The van der Waals surface area contributed by atoms with Gasteiger partial charge < -0.3 is 0 Å². The highest BCUT2D eigenvalue weighted by molar-refractivity contribution is 7.99. The van der Waals surface area contributed by atoms with Gasteiger partial charge in [-0.3, -0.25) is 4.79 Å². The van der Waals surface area contributed by atoms with Crippen LogP contribution in [0.4, 0.5) is 0 Å². The quantitative estimate of drug-likeness (QED) is 0.866. The molecule has 0 unspecified atom stereocenters. The van der Waals surface area contributed by atoms with Crippen LogP contribution in [0.25, 0.3) is 0 Å². The third-order valence-electron chi connectivity index (χ3n) is 2.30. The molecule has 0 heterocycles. The van der Waals surface area contributed by atoms with Crippen LogP contribution in [0, 0.1) is 0 Å². The molecule has 0 aliphatic carbocycles. The van der Waals surface area contributed by atoms with Crippen LogP contribution in [0.1, 0.15) is 18.9 Å². The number of carbonyl (C=O) groups excluding carboxylic acids is 1. The van der Waals surface area contributed by atoms with Crippen LogP contribution in [0.5, 0.6) is 0 Å². The third-order valence-corrected chi connectivity index (χ3v) is 4.24. The van der Waals surface area contributed by atoms with Crippen LogP contribution in [-0.2, 0) is 21.2 Å². The molecule has 0 aliphatic heterocycles. The number of thioether (sulfide) groups is 1. The maximum Gasteiger partial charge on any atom is 0.264 e. The summed E-state index contributed by atoms with van der Waals surface area (Å²) in [7, 11) is -3.73. The Hall–Kier alpha value is -1.01. The average Bonchev–Trinajstić information content (AvgIpc) is 2.29. The fourth-order valence-corrected chi connectivity index (χ4v) is 2.90. The van der Waals surface area contributed by atoms with Crippen LogP contribution in [-0.4, -0.2) is 26.3 Å². The second-order valence-corrected chi connectivity index (χ2v) is 6.40. The molecular formula is C12H17NO3S2. The third kappa shape index (κ3) is 4.34. The van der Waals surface area contributed by atoms with E-state index in [0.29, 0.717) is 0 Å². The van der Waals surface area contributed by atoms with Gasteiger partial charge in [0.05, 0.1) is 10.6 Å². The number of rotatable bonds is 6. The number of aryl methyl sites for hydroxylation is 1. The van der Waals surface area contributed by atoms with E-state index in [9.17, 15) is 13.2 Å². The molecule has 0 aromatic heterocycles. The Morgan fingerprint density at radius 2 is 1.89 bits per heavy atom. The number of benzene rings is 1. The van der Waals surface area contributed by atoms with E-state index < -0.39 is 15.9 Å². The molecule has 0 aliphatic rings. The molecule has 1 aromatic carbocycles. The molecule has 1 N–H and O–H groups in total. The smallest absolute Gasteiger partial charge is 0.264 e. The van der Waals surface area contributed by atoms with Gasteiger partial charge in [-0.25, -0.2) is 13.1 Å². The van der Waals surface area contributed by atoms with Gasteiger partial charge in [-0.1, -0.05) is 25.5 Å². The zero-order valence-corrected chi connectivity index (χ0v) is 12.1. The summed E-state index contributed by atoms with van der Waals surface area (Å²) in [4.78, 5) is 11.4. The Bertz CT molecular complexity index is 495. The van der Waals surface area contributed by atoms with E-state index in [-0.39, 0.29) is 10.6 Å². The van der Waals surface area contributed by atoms with Crippen molar-refractivity contribution in [1.82, 2.24) is 4.72 Å². The summed E-state index contributed by atoms with van der Waals surface area (Å²) in [5.41, 5.74) is 1.09. The van der Waals surface area contributed by atoms with Gasteiger partial charge in [0.25, 0.3) is 10.0 Å². The van der Waals surface area contributed by atoms with E-state index in [0.717, 1.165) is 18.4 Å². The molecule has 0 fully saturated rings. The van der Waals surface area contributed by atoms with Gasteiger partial charge in [0, 0.05) is 0 Å². The van der Waals surface area contributed by atoms with Crippen LogP contribution in [0.3, 0.4) is 0 Å². The Morgan fingerprint density at radius 1 is 1.28 bits per heavy atom. The highest BCUT2D eigenvalue weighted by atomic mass is 32.2. The first-order valence-electron chi connectivity index (χ1n) is 5.63. The second kappa shape index (κ2) is 6.80. The van der Waals surface area contributed by atoms with Gasteiger partial charge in [-0.15, -0.1) is 0 Å². The number of nitrogens with one attached hydrogen (secondary N) is 1. The molecule has 0 atom stereocenters. The summed E-state index contributed by atoms with van der Waals surface area (Å²) in [5, 5.41) is 0. The molecule has 1 amide bonds. The molecule has 0 saturated heterocycles. The Kier molecular flexibility index (Phi) is 5.68. The van der Waals surface area contributed by atoms with Crippen molar-refractivity contribution >= 4 is 27.7 Å². The molecule has 0 saturated carbocycles. The Morgan fingerprint density at radius 3 is 2.39 bits per heavy atom. The Labute approximate surface area is 112 Å². The van der Waals surface area contributed by atoms with Crippen LogP contribution in [0.2, 0.25) is 0 Å². The van der Waals surface area contributed by atoms with Crippen LogP contribution < -0.4 is 4.72 Å². The van der Waals surface area contributed by atoms with E-state index in [1.165, 1.54) is 23.9 Å². The van der Waals surface area contributed by atoms with E-state index in [2.05, 4.69) is 6.92 Å². The summed E-state index contributed by atoms with van der Waals surface area (Å²) in [5.74, 6) is -0.368. The summed E-state index contributed by atoms with van der Waals surface area (Å²) in [6.07, 6.45) is 3.67. The number of carbonyl (C=O) groups is 1. The van der Waals surface area contributed by atoms with Gasteiger partial charge in [-0.05, 0) is 30.4 Å².